The van der Waals surface area contributed by atoms with Crippen molar-refractivity contribution in [1.29, 1.82) is 0 Å². The second-order valence-corrected chi connectivity index (χ2v) is 2.97. The summed E-state index contributed by atoms with van der Waals surface area (Å²) in [5.74, 6) is 0.965. The fraction of sp³-hybridized carbons (Fsp3) is 1.00. The van der Waals surface area contributed by atoms with Gasteiger partial charge in [0.25, 0.3) is 0 Å². The number of hydrogen-bond donors (Lipinski definition) is 1. The molecular weight excluding hydrogens is 110 g/mol. The van der Waals surface area contributed by atoms with Crippen LogP contribution in [-0.4, -0.2) is 13.1 Å². The Kier molecular flexibility index (Phi) is 3.05. The van der Waals surface area contributed by atoms with Gasteiger partial charge in [0, 0.05) is 0 Å². The van der Waals surface area contributed by atoms with Gasteiger partial charge in [0.15, 0.2) is 0 Å². The maximum Gasteiger partial charge on any atom is -0.00206 e. The van der Waals surface area contributed by atoms with E-state index in [2.05, 4.69) is 12.2 Å². The smallest absolute Gasteiger partial charge is 0.00206 e. The van der Waals surface area contributed by atoms with Crippen LogP contribution < -0.4 is 5.32 Å². The van der Waals surface area contributed by atoms with Crippen LogP contribution in [0.5, 0.6) is 0 Å². The third-order valence-corrected chi connectivity index (χ3v) is 2.23. The fourth-order valence-corrected chi connectivity index (χ4v) is 1.44. The molecule has 0 spiro atoms. The van der Waals surface area contributed by atoms with Crippen molar-refractivity contribution in [2.75, 3.05) is 13.1 Å². The van der Waals surface area contributed by atoms with E-state index >= 15 is 0 Å². The first-order valence-corrected chi connectivity index (χ1v) is 4.14. The van der Waals surface area contributed by atoms with Crippen molar-refractivity contribution < 1.29 is 0 Å². The molecule has 1 rings (SSSR count). The third-order valence-electron chi connectivity index (χ3n) is 2.23. The van der Waals surface area contributed by atoms with Crippen LogP contribution in [0.25, 0.3) is 0 Å². The van der Waals surface area contributed by atoms with Gasteiger partial charge in [-0.3, -0.25) is 0 Å². The average Bonchev–Trinajstić information content (AvgIpc) is 2.13. The van der Waals surface area contributed by atoms with Crippen LogP contribution in [0.4, 0.5) is 0 Å². The molecule has 1 atom stereocenters. The summed E-state index contributed by atoms with van der Waals surface area (Å²) in [6, 6.07) is 0. The van der Waals surface area contributed by atoms with Crippen molar-refractivity contribution in [3.05, 3.63) is 0 Å². The van der Waals surface area contributed by atoms with E-state index in [0.717, 1.165) is 5.92 Å². The van der Waals surface area contributed by atoms with Crippen LogP contribution in [-0.2, 0) is 0 Å². The van der Waals surface area contributed by atoms with Gasteiger partial charge in [0.1, 0.15) is 0 Å². The number of rotatable bonds is 1. The Morgan fingerprint density at radius 3 is 3.11 bits per heavy atom. The summed E-state index contributed by atoms with van der Waals surface area (Å²) in [5.41, 5.74) is 0. The first-order chi connectivity index (χ1) is 4.43. The average molecular weight is 127 g/mol. The molecule has 0 aromatic rings. The summed E-state index contributed by atoms with van der Waals surface area (Å²) in [4.78, 5) is 0. The summed E-state index contributed by atoms with van der Waals surface area (Å²) in [5, 5.41) is 3.45. The van der Waals surface area contributed by atoms with Crippen molar-refractivity contribution in [3.8, 4) is 0 Å². The molecule has 1 N–H and O–H groups in total. The molecule has 54 valence electrons. The van der Waals surface area contributed by atoms with Gasteiger partial charge in [-0.25, -0.2) is 0 Å². The Hall–Kier alpha value is -0.0400. The zero-order valence-corrected chi connectivity index (χ0v) is 6.32. The Balaban J connectivity index is 2.18. The molecule has 0 bridgehead atoms. The molecule has 0 aromatic heterocycles. The molecule has 1 saturated heterocycles. The molecule has 1 fully saturated rings. The Morgan fingerprint density at radius 1 is 1.44 bits per heavy atom. The van der Waals surface area contributed by atoms with Crippen LogP contribution >= 0.6 is 0 Å². The lowest BCUT2D eigenvalue weighted by atomic mass is 10.0. The zero-order valence-electron chi connectivity index (χ0n) is 6.32. The molecule has 0 amide bonds. The third kappa shape index (κ3) is 2.35. The normalized spacial score (nSPS) is 29.7. The highest BCUT2D eigenvalue weighted by Gasteiger charge is 2.07. The maximum absolute atomic E-state index is 3.45. The first kappa shape index (κ1) is 7.07. The molecule has 9 heavy (non-hydrogen) atoms. The summed E-state index contributed by atoms with van der Waals surface area (Å²) in [7, 11) is 0. The van der Waals surface area contributed by atoms with Crippen LogP contribution in [0, 0.1) is 5.92 Å². The highest BCUT2D eigenvalue weighted by molar-refractivity contribution is 4.65. The van der Waals surface area contributed by atoms with Gasteiger partial charge in [-0.1, -0.05) is 19.8 Å². The van der Waals surface area contributed by atoms with Gasteiger partial charge in [0.05, 0.1) is 0 Å². The van der Waals surface area contributed by atoms with Gasteiger partial charge in [-0.05, 0) is 31.8 Å². The van der Waals surface area contributed by atoms with E-state index < -0.39 is 0 Å². The van der Waals surface area contributed by atoms with Gasteiger partial charge < -0.3 is 5.32 Å². The van der Waals surface area contributed by atoms with Gasteiger partial charge >= 0.3 is 0 Å². The fourth-order valence-electron chi connectivity index (χ4n) is 1.44. The maximum atomic E-state index is 3.45. The second-order valence-electron chi connectivity index (χ2n) is 2.97. The summed E-state index contributed by atoms with van der Waals surface area (Å²) in [6.45, 7) is 4.80. The molecule has 0 aliphatic carbocycles. The lowest BCUT2D eigenvalue weighted by molar-refractivity contribution is 0.466. The molecule has 0 radical (unpaired) electrons. The molecule has 1 aliphatic heterocycles. The summed E-state index contributed by atoms with van der Waals surface area (Å²) >= 11 is 0. The van der Waals surface area contributed by atoms with E-state index in [1.165, 1.54) is 38.8 Å². The molecule has 1 aliphatic rings. The van der Waals surface area contributed by atoms with Crippen LogP contribution in [0.15, 0.2) is 0 Å². The van der Waals surface area contributed by atoms with Crippen molar-refractivity contribution >= 4 is 0 Å². The van der Waals surface area contributed by atoms with Gasteiger partial charge in [0.2, 0.25) is 0 Å². The van der Waals surface area contributed by atoms with Crippen molar-refractivity contribution in [1.82, 2.24) is 5.32 Å². The monoisotopic (exact) mass is 127 g/mol. The topological polar surface area (TPSA) is 12.0 Å². The lowest BCUT2D eigenvalue weighted by Crippen LogP contribution is -2.19. The van der Waals surface area contributed by atoms with Crippen LogP contribution in [0.1, 0.15) is 32.6 Å². The minimum absolute atomic E-state index is 0.965. The van der Waals surface area contributed by atoms with E-state index in [9.17, 15) is 0 Å². The predicted molar refractivity (Wildman–Crippen MR) is 40.5 cm³/mol. The van der Waals surface area contributed by atoms with E-state index in [1.807, 2.05) is 0 Å². The minimum Gasteiger partial charge on any atom is -0.316 e. The van der Waals surface area contributed by atoms with Gasteiger partial charge in [-0.2, -0.15) is 0 Å². The Labute approximate surface area is 57.8 Å². The molecular formula is C8H17N. The Morgan fingerprint density at radius 2 is 2.33 bits per heavy atom. The SMILES string of the molecule is CCC1CCCCNC1. The largest absolute Gasteiger partial charge is 0.316 e. The van der Waals surface area contributed by atoms with Crippen molar-refractivity contribution in [3.63, 3.8) is 0 Å². The van der Waals surface area contributed by atoms with E-state index in [0.29, 0.717) is 0 Å². The first-order valence-electron chi connectivity index (χ1n) is 4.14. The van der Waals surface area contributed by atoms with Crippen molar-refractivity contribution in [2.24, 2.45) is 5.92 Å². The molecule has 1 heteroatoms. The molecule has 0 aromatic carbocycles. The zero-order chi connectivity index (χ0) is 6.53. The molecule has 1 nitrogen and oxygen atoms in total. The minimum atomic E-state index is 0.965. The Bertz CT molecular complexity index is 63.0. The number of nitrogens with one attached hydrogen (secondary N) is 1. The van der Waals surface area contributed by atoms with Crippen LogP contribution in [0.2, 0.25) is 0 Å². The summed E-state index contributed by atoms with van der Waals surface area (Å²) < 4.78 is 0. The molecule has 1 heterocycles. The quantitative estimate of drug-likeness (QED) is 0.566. The second kappa shape index (κ2) is 3.89. The summed E-state index contributed by atoms with van der Waals surface area (Å²) in [6.07, 6.45) is 5.62. The molecule has 0 saturated carbocycles. The highest BCUT2D eigenvalue weighted by atomic mass is 14.9. The highest BCUT2D eigenvalue weighted by Crippen LogP contribution is 2.13. The van der Waals surface area contributed by atoms with E-state index in [-0.39, 0.29) is 0 Å². The number of hydrogen-bond acceptors (Lipinski definition) is 1. The van der Waals surface area contributed by atoms with Crippen LogP contribution in [0.3, 0.4) is 0 Å². The van der Waals surface area contributed by atoms with Gasteiger partial charge in [-0.15, -0.1) is 0 Å². The van der Waals surface area contributed by atoms with Crippen molar-refractivity contribution in [2.45, 2.75) is 32.6 Å². The predicted octanol–water partition coefficient (Wildman–Crippen LogP) is 1.79. The standard InChI is InChI=1S/C8H17N/c1-2-8-5-3-4-6-9-7-8/h8-9H,2-7H2,1H3. The van der Waals surface area contributed by atoms with E-state index in [4.69, 9.17) is 0 Å². The lowest BCUT2D eigenvalue weighted by Gasteiger charge is -2.09. The van der Waals surface area contributed by atoms with E-state index in [1.54, 1.807) is 0 Å². The molecule has 1 unspecified atom stereocenters.